The van der Waals surface area contributed by atoms with Crippen molar-refractivity contribution in [1.29, 1.82) is 0 Å². The van der Waals surface area contributed by atoms with Crippen molar-refractivity contribution in [2.24, 2.45) is 5.92 Å². The lowest BCUT2D eigenvalue weighted by Gasteiger charge is -2.30. The van der Waals surface area contributed by atoms with Gasteiger partial charge in [0.15, 0.2) is 0 Å². The minimum absolute atomic E-state index is 0.0212. The number of likely N-dealkylation sites (tertiary alicyclic amines) is 1. The van der Waals surface area contributed by atoms with Crippen LogP contribution in [0.4, 0.5) is 11.5 Å². The molecule has 1 amide bonds. The second-order valence-electron chi connectivity index (χ2n) is 6.73. The number of aromatic nitrogens is 2. The molecule has 1 aliphatic heterocycles. The van der Waals surface area contributed by atoms with Crippen LogP contribution in [0, 0.1) is 19.8 Å². The van der Waals surface area contributed by atoms with E-state index in [0.29, 0.717) is 17.4 Å². The van der Waals surface area contributed by atoms with Gasteiger partial charge in [-0.25, -0.2) is 9.97 Å². The van der Waals surface area contributed by atoms with E-state index in [4.69, 9.17) is 0 Å². The summed E-state index contributed by atoms with van der Waals surface area (Å²) in [6, 6.07) is 6.20. The molecule has 1 unspecified atom stereocenters. The summed E-state index contributed by atoms with van der Waals surface area (Å²) in [7, 11) is 0. The number of amides is 1. The van der Waals surface area contributed by atoms with Gasteiger partial charge in [0.25, 0.3) is 5.91 Å². The van der Waals surface area contributed by atoms with Crippen molar-refractivity contribution in [1.82, 2.24) is 14.9 Å². The smallest absolute Gasteiger partial charge is 0.274 e. The molecule has 0 aliphatic carbocycles. The van der Waals surface area contributed by atoms with Crippen LogP contribution in [0.15, 0.2) is 30.6 Å². The van der Waals surface area contributed by atoms with E-state index < -0.39 is 0 Å². The van der Waals surface area contributed by atoms with E-state index in [1.165, 1.54) is 12.0 Å². The first kappa shape index (κ1) is 16.4. The van der Waals surface area contributed by atoms with Crippen LogP contribution < -0.4 is 5.32 Å². The normalized spacial score (nSPS) is 17.6. The quantitative estimate of drug-likeness (QED) is 0.935. The summed E-state index contributed by atoms with van der Waals surface area (Å²) in [6.45, 7) is 7.93. The molecule has 0 saturated carbocycles. The maximum Gasteiger partial charge on any atom is 0.274 e. The molecule has 126 valence electrons. The van der Waals surface area contributed by atoms with Crippen LogP contribution in [-0.2, 0) is 0 Å². The topological polar surface area (TPSA) is 58.1 Å². The number of rotatable bonds is 3. The van der Waals surface area contributed by atoms with E-state index in [2.05, 4.69) is 48.2 Å². The number of carbonyl (C=O) groups is 1. The number of carbonyl (C=O) groups excluding carboxylic acids is 1. The van der Waals surface area contributed by atoms with Gasteiger partial charge in [0.2, 0.25) is 0 Å². The molecule has 2 heterocycles. The third-order valence-electron chi connectivity index (χ3n) is 4.46. The third-order valence-corrected chi connectivity index (χ3v) is 4.46. The lowest BCUT2D eigenvalue weighted by atomic mass is 10.0. The van der Waals surface area contributed by atoms with Crippen LogP contribution in [0.1, 0.15) is 41.4 Å². The zero-order chi connectivity index (χ0) is 17.1. The van der Waals surface area contributed by atoms with Crippen LogP contribution in [-0.4, -0.2) is 33.9 Å². The number of hydrogen-bond acceptors (Lipinski definition) is 4. The van der Waals surface area contributed by atoms with Crippen molar-refractivity contribution in [3.05, 3.63) is 47.4 Å². The number of benzene rings is 1. The lowest BCUT2D eigenvalue weighted by molar-refractivity contribution is 0.0676. The SMILES string of the molecule is Cc1ccc(Nc2cnc(C(=O)N3CCCC(C)C3)cn2)c(C)c1. The van der Waals surface area contributed by atoms with Gasteiger partial charge in [0.05, 0.1) is 12.4 Å². The summed E-state index contributed by atoms with van der Waals surface area (Å²) in [5, 5.41) is 3.25. The van der Waals surface area contributed by atoms with Gasteiger partial charge in [-0.15, -0.1) is 0 Å². The molecule has 1 aromatic heterocycles. The lowest BCUT2D eigenvalue weighted by Crippen LogP contribution is -2.39. The average Bonchev–Trinajstić information content (AvgIpc) is 2.57. The molecular formula is C19H24N4O. The van der Waals surface area contributed by atoms with E-state index in [1.807, 2.05) is 11.0 Å². The van der Waals surface area contributed by atoms with Crippen molar-refractivity contribution in [3.63, 3.8) is 0 Å². The summed E-state index contributed by atoms with van der Waals surface area (Å²) in [6.07, 6.45) is 5.44. The van der Waals surface area contributed by atoms with Crippen LogP contribution in [0.3, 0.4) is 0 Å². The molecule has 3 rings (SSSR count). The number of anilines is 2. The number of nitrogens with one attached hydrogen (secondary N) is 1. The van der Waals surface area contributed by atoms with Crippen LogP contribution in [0.5, 0.6) is 0 Å². The largest absolute Gasteiger partial charge is 0.339 e. The molecule has 0 radical (unpaired) electrons. The fourth-order valence-corrected chi connectivity index (χ4v) is 3.13. The summed E-state index contributed by atoms with van der Waals surface area (Å²) in [5.74, 6) is 1.18. The predicted molar refractivity (Wildman–Crippen MR) is 95.5 cm³/mol. The molecule has 2 aromatic rings. The van der Waals surface area contributed by atoms with Gasteiger partial charge in [-0.3, -0.25) is 4.79 Å². The molecule has 1 saturated heterocycles. The van der Waals surface area contributed by atoms with Gasteiger partial charge in [-0.05, 0) is 44.2 Å². The van der Waals surface area contributed by atoms with E-state index in [0.717, 1.165) is 30.8 Å². The first-order chi connectivity index (χ1) is 11.5. The van der Waals surface area contributed by atoms with Crippen molar-refractivity contribution in [3.8, 4) is 0 Å². The fraction of sp³-hybridized carbons (Fsp3) is 0.421. The Morgan fingerprint density at radius 2 is 2.08 bits per heavy atom. The summed E-state index contributed by atoms with van der Waals surface area (Å²) >= 11 is 0. The van der Waals surface area contributed by atoms with E-state index in [-0.39, 0.29) is 5.91 Å². The molecule has 1 atom stereocenters. The summed E-state index contributed by atoms with van der Waals surface area (Å²) < 4.78 is 0. The van der Waals surface area contributed by atoms with Crippen molar-refractivity contribution in [2.75, 3.05) is 18.4 Å². The second kappa shape index (κ2) is 6.99. The number of hydrogen-bond donors (Lipinski definition) is 1. The zero-order valence-electron chi connectivity index (χ0n) is 14.5. The summed E-state index contributed by atoms with van der Waals surface area (Å²) in [5.41, 5.74) is 3.79. The third kappa shape index (κ3) is 3.72. The minimum Gasteiger partial charge on any atom is -0.339 e. The Hall–Kier alpha value is -2.43. The van der Waals surface area contributed by atoms with E-state index in [1.54, 1.807) is 12.4 Å². The van der Waals surface area contributed by atoms with Gasteiger partial charge >= 0.3 is 0 Å². The van der Waals surface area contributed by atoms with Gasteiger partial charge in [-0.2, -0.15) is 0 Å². The Morgan fingerprint density at radius 3 is 2.75 bits per heavy atom. The molecule has 5 heteroatoms. The number of aryl methyl sites for hydroxylation is 2. The molecule has 1 N–H and O–H groups in total. The Balaban J connectivity index is 1.69. The second-order valence-corrected chi connectivity index (χ2v) is 6.73. The monoisotopic (exact) mass is 324 g/mol. The molecular weight excluding hydrogens is 300 g/mol. The molecule has 0 spiro atoms. The molecule has 0 bridgehead atoms. The Morgan fingerprint density at radius 1 is 1.25 bits per heavy atom. The predicted octanol–water partition coefficient (Wildman–Crippen LogP) is 3.71. The van der Waals surface area contributed by atoms with Gasteiger partial charge in [-0.1, -0.05) is 24.6 Å². The summed E-state index contributed by atoms with van der Waals surface area (Å²) in [4.78, 5) is 23.1. The highest BCUT2D eigenvalue weighted by molar-refractivity contribution is 5.92. The average molecular weight is 324 g/mol. The Kier molecular flexibility index (Phi) is 4.79. The van der Waals surface area contributed by atoms with E-state index >= 15 is 0 Å². The number of piperidine rings is 1. The van der Waals surface area contributed by atoms with Crippen LogP contribution in [0.2, 0.25) is 0 Å². The van der Waals surface area contributed by atoms with Crippen molar-refractivity contribution in [2.45, 2.75) is 33.6 Å². The van der Waals surface area contributed by atoms with Gasteiger partial charge < -0.3 is 10.2 Å². The van der Waals surface area contributed by atoms with Crippen molar-refractivity contribution >= 4 is 17.4 Å². The highest BCUT2D eigenvalue weighted by atomic mass is 16.2. The molecule has 1 fully saturated rings. The molecule has 1 aromatic carbocycles. The first-order valence-electron chi connectivity index (χ1n) is 8.48. The Labute approximate surface area is 143 Å². The molecule has 5 nitrogen and oxygen atoms in total. The molecule has 24 heavy (non-hydrogen) atoms. The van der Waals surface area contributed by atoms with Crippen LogP contribution in [0.25, 0.3) is 0 Å². The van der Waals surface area contributed by atoms with Gasteiger partial charge in [0, 0.05) is 18.8 Å². The highest BCUT2D eigenvalue weighted by Crippen LogP contribution is 2.20. The maximum atomic E-state index is 12.5. The molecule has 1 aliphatic rings. The van der Waals surface area contributed by atoms with Crippen molar-refractivity contribution < 1.29 is 4.79 Å². The zero-order valence-corrected chi connectivity index (χ0v) is 14.5. The van der Waals surface area contributed by atoms with Gasteiger partial charge in [0.1, 0.15) is 11.5 Å². The minimum atomic E-state index is -0.0212. The van der Waals surface area contributed by atoms with Crippen LogP contribution >= 0.6 is 0 Å². The maximum absolute atomic E-state index is 12.5. The number of nitrogens with zero attached hydrogens (tertiary/aromatic N) is 3. The standard InChI is InChI=1S/C19H24N4O/c1-13-6-7-16(15(3)9-13)22-18-11-20-17(10-21-18)19(24)23-8-4-5-14(2)12-23/h6-7,9-11,14H,4-5,8,12H2,1-3H3,(H,21,22). The highest BCUT2D eigenvalue weighted by Gasteiger charge is 2.23. The Bertz CT molecular complexity index is 727. The first-order valence-corrected chi connectivity index (χ1v) is 8.48. The fourth-order valence-electron chi connectivity index (χ4n) is 3.13. The van der Waals surface area contributed by atoms with E-state index in [9.17, 15) is 4.79 Å².